The Morgan fingerprint density at radius 2 is 2.05 bits per heavy atom. The van der Waals surface area contributed by atoms with Crippen molar-refractivity contribution in [1.29, 1.82) is 0 Å². The van der Waals surface area contributed by atoms with Crippen LogP contribution in [0.5, 0.6) is 0 Å². The molecule has 0 saturated carbocycles. The molecule has 0 amide bonds. The molecule has 6 nitrogen and oxygen atoms in total. The lowest BCUT2D eigenvalue weighted by atomic mass is 9.95. The van der Waals surface area contributed by atoms with Crippen LogP contribution in [0, 0.1) is 0 Å². The summed E-state index contributed by atoms with van der Waals surface area (Å²) >= 11 is 0. The number of hydrogen-bond acceptors (Lipinski definition) is 4. The third-order valence-electron chi connectivity index (χ3n) is 3.68. The molecule has 2 N–H and O–H groups in total. The molecule has 0 aliphatic carbocycles. The Kier molecular flexibility index (Phi) is 7.56. The standard InChI is InChI=1S/C14H31N3O3S/c1-5-8-15-9-6-10-17(4)21(18,19)16-13-7-11-20-14(2,3)12-13/h13,15-16H,5-12H2,1-4H3. The lowest BCUT2D eigenvalue weighted by molar-refractivity contribution is -0.0600. The zero-order valence-corrected chi connectivity index (χ0v) is 14.6. The maximum atomic E-state index is 12.3. The molecular weight excluding hydrogens is 290 g/mol. The normalized spacial score (nSPS) is 22.6. The van der Waals surface area contributed by atoms with E-state index in [0.29, 0.717) is 19.6 Å². The maximum absolute atomic E-state index is 12.3. The molecule has 7 heteroatoms. The highest BCUT2D eigenvalue weighted by molar-refractivity contribution is 7.87. The molecule has 1 atom stereocenters. The number of hydrogen-bond donors (Lipinski definition) is 2. The SMILES string of the molecule is CCCNCCCN(C)S(=O)(=O)NC1CCOC(C)(C)C1. The van der Waals surface area contributed by atoms with Crippen molar-refractivity contribution in [2.45, 2.75) is 58.1 Å². The second kappa shape index (κ2) is 8.43. The van der Waals surface area contributed by atoms with Gasteiger partial charge in [0, 0.05) is 26.2 Å². The van der Waals surface area contributed by atoms with Gasteiger partial charge in [0.05, 0.1) is 5.60 Å². The van der Waals surface area contributed by atoms with Crippen LogP contribution in [-0.4, -0.2) is 57.7 Å². The van der Waals surface area contributed by atoms with Gasteiger partial charge >= 0.3 is 0 Å². The maximum Gasteiger partial charge on any atom is 0.279 e. The first-order valence-corrected chi connectivity index (χ1v) is 9.29. The van der Waals surface area contributed by atoms with Crippen molar-refractivity contribution < 1.29 is 13.2 Å². The van der Waals surface area contributed by atoms with E-state index in [0.717, 1.165) is 32.4 Å². The van der Waals surface area contributed by atoms with Gasteiger partial charge in [-0.25, -0.2) is 0 Å². The van der Waals surface area contributed by atoms with Crippen LogP contribution >= 0.6 is 0 Å². The van der Waals surface area contributed by atoms with Crippen molar-refractivity contribution in [2.24, 2.45) is 0 Å². The second-order valence-electron chi connectivity index (χ2n) is 6.35. The summed E-state index contributed by atoms with van der Waals surface area (Å²) in [6.07, 6.45) is 3.35. The average molecular weight is 321 g/mol. The van der Waals surface area contributed by atoms with Gasteiger partial charge in [0.1, 0.15) is 0 Å². The fourth-order valence-electron chi connectivity index (χ4n) is 2.48. The molecule has 1 aliphatic rings. The molecule has 1 fully saturated rings. The number of rotatable bonds is 9. The highest BCUT2D eigenvalue weighted by atomic mass is 32.2. The van der Waals surface area contributed by atoms with E-state index in [1.165, 1.54) is 4.31 Å². The number of ether oxygens (including phenoxy) is 1. The van der Waals surface area contributed by atoms with Gasteiger partial charge in [-0.05, 0) is 52.6 Å². The minimum atomic E-state index is -3.40. The zero-order chi connectivity index (χ0) is 15.9. The lowest BCUT2D eigenvalue weighted by Crippen LogP contribution is -2.49. The molecule has 126 valence electrons. The first-order chi connectivity index (χ1) is 9.77. The van der Waals surface area contributed by atoms with E-state index in [9.17, 15) is 8.42 Å². The third-order valence-corrected chi connectivity index (χ3v) is 5.31. The largest absolute Gasteiger partial charge is 0.375 e. The summed E-state index contributed by atoms with van der Waals surface area (Å²) in [6, 6.07) is -0.0422. The van der Waals surface area contributed by atoms with E-state index in [-0.39, 0.29) is 11.6 Å². The van der Waals surface area contributed by atoms with Gasteiger partial charge in [-0.3, -0.25) is 0 Å². The Labute approximate surface area is 129 Å². The molecule has 0 aromatic rings. The van der Waals surface area contributed by atoms with Crippen LogP contribution in [0.4, 0.5) is 0 Å². The predicted octanol–water partition coefficient (Wildman–Crippen LogP) is 1.10. The van der Waals surface area contributed by atoms with Crippen LogP contribution in [-0.2, 0) is 14.9 Å². The molecule has 0 radical (unpaired) electrons. The Morgan fingerprint density at radius 1 is 1.33 bits per heavy atom. The van der Waals surface area contributed by atoms with Gasteiger partial charge < -0.3 is 10.1 Å². The number of nitrogens with one attached hydrogen (secondary N) is 2. The predicted molar refractivity (Wildman–Crippen MR) is 85.5 cm³/mol. The topological polar surface area (TPSA) is 70.7 Å². The molecule has 0 aromatic heterocycles. The lowest BCUT2D eigenvalue weighted by Gasteiger charge is -2.36. The van der Waals surface area contributed by atoms with Gasteiger partial charge in [0.15, 0.2) is 0 Å². The zero-order valence-electron chi connectivity index (χ0n) is 13.8. The summed E-state index contributed by atoms with van der Waals surface area (Å²) in [7, 11) is -1.77. The summed E-state index contributed by atoms with van der Waals surface area (Å²) in [6.45, 7) is 9.06. The summed E-state index contributed by atoms with van der Waals surface area (Å²) in [4.78, 5) is 0. The van der Waals surface area contributed by atoms with Crippen molar-refractivity contribution in [3.63, 3.8) is 0 Å². The smallest absolute Gasteiger partial charge is 0.279 e. The minimum absolute atomic E-state index is 0.0422. The average Bonchev–Trinajstić information content (AvgIpc) is 2.36. The van der Waals surface area contributed by atoms with E-state index in [2.05, 4.69) is 17.0 Å². The molecule has 1 unspecified atom stereocenters. The second-order valence-corrected chi connectivity index (χ2v) is 8.16. The van der Waals surface area contributed by atoms with Gasteiger partial charge in [-0.15, -0.1) is 0 Å². The van der Waals surface area contributed by atoms with E-state index >= 15 is 0 Å². The van der Waals surface area contributed by atoms with Gasteiger partial charge in [-0.1, -0.05) is 6.92 Å². The van der Waals surface area contributed by atoms with Crippen LogP contribution < -0.4 is 10.0 Å². The van der Waals surface area contributed by atoms with Crippen molar-refractivity contribution in [1.82, 2.24) is 14.3 Å². The highest BCUT2D eigenvalue weighted by Gasteiger charge is 2.32. The van der Waals surface area contributed by atoms with Gasteiger partial charge in [0.25, 0.3) is 10.2 Å². The number of nitrogens with zero attached hydrogens (tertiary/aromatic N) is 1. The monoisotopic (exact) mass is 321 g/mol. The fraction of sp³-hybridized carbons (Fsp3) is 1.00. The molecular formula is C14H31N3O3S. The molecule has 0 aromatic carbocycles. The molecule has 1 heterocycles. The van der Waals surface area contributed by atoms with Gasteiger partial charge in [0.2, 0.25) is 0 Å². The van der Waals surface area contributed by atoms with Crippen LogP contribution in [0.15, 0.2) is 0 Å². The van der Waals surface area contributed by atoms with E-state index in [4.69, 9.17) is 4.74 Å². The van der Waals surface area contributed by atoms with Crippen molar-refractivity contribution in [3.8, 4) is 0 Å². The molecule has 1 aliphatic heterocycles. The third kappa shape index (κ3) is 7.06. The molecule has 0 spiro atoms. The van der Waals surface area contributed by atoms with Crippen LogP contribution in [0.1, 0.15) is 46.5 Å². The Hall–Kier alpha value is -0.210. The first-order valence-electron chi connectivity index (χ1n) is 7.85. The highest BCUT2D eigenvalue weighted by Crippen LogP contribution is 2.24. The van der Waals surface area contributed by atoms with Crippen molar-refractivity contribution in [3.05, 3.63) is 0 Å². The van der Waals surface area contributed by atoms with Gasteiger partial charge in [-0.2, -0.15) is 17.4 Å². The fourth-order valence-corrected chi connectivity index (χ4v) is 3.65. The minimum Gasteiger partial charge on any atom is -0.375 e. The van der Waals surface area contributed by atoms with E-state index in [1.54, 1.807) is 7.05 Å². The van der Waals surface area contributed by atoms with E-state index < -0.39 is 10.2 Å². The molecule has 21 heavy (non-hydrogen) atoms. The molecule has 1 rings (SSSR count). The molecule has 1 saturated heterocycles. The Bertz CT molecular complexity index is 398. The van der Waals surface area contributed by atoms with Crippen molar-refractivity contribution >= 4 is 10.2 Å². The summed E-state index contributed by atoms with van der Waals surface area (Å²) in [5.41, 5.74) is -0.256. The molecule has 0 bridgehead atoms. The van der Waals surface area contributed by atoms with Crippen LogP contribution in [0.25, 0.3) is 0 Å². The van der Waals surface area contributed by atoms with Crippen molar-refractivity contribution in [2.75, 3.05) is 33.3 Å². The quantitative estimate of drug-likeness (QED) is 0.624. The summed E-state index contributed by atoms with van der Waals surface area (Å²) in [5.74, 6) is 0. The van der Waals surface area contributed by atoms with Crippen LogP contribution in [0.2, 0.25) is 0 Å². The Balaban J connectivity index is 2.37. The summed E-state index contributed by atoms with van der Waals surface area (Å²) < 4.78 is 34.4. The summed E-state index contributed by atoms with van der Waals surface area (Å²) in [5, 5.41) is 3.28. The Morgan fingerprint density at radius 3 is 2.67 bits per heavy atom. The first kappa shape index (κ1) is 18.8. The van der Waals surface area contributed by atoms with E-state index in [1.807, 2.05) is 13.8 Å². The van der Waals surface area contributed by atoms with Crippen LogP contribution in [0.3, 0.4) is 0 Å².